The van der Waals surface area contributed by atoms with Crippen LogP contribution in [0.5, 0.6) is 0 Å². The highest BCUT2D eigenvalue weighted by Crippen LogP contribution is 2.38. The molecule has 5 nitrogen and oxygen atoms in total. The van der Waals surface area contributed by atoms with Crippen LogP contribution < -0.4 is 0 Å². The quantitative estimate of drug-likeness (QED) is 0.701. The van der Waals surface area contributed by atoms with Gasteiger partial charge in [-0.1, -0.05) is 48.0 Å². The third-order valence-corrected chi connectivity index (χ3v) is 6.85. The van der Waals surface area contributed by atoms with Crippen molar-refractivity contribution < 1.29 is 17.9 Å². The van der Waals surface area contributed by atoms with E-state index in [9.17, 15) is 13.2 Å². The van der Waals surface area contributed by atoms with Gasteiger partial charge in [0.2, 0.25) is 10.0 Å². The second-order valence-corrected chi connectivity index (χ2v) is 8.81. The minimum Gasteiger partial charge on any atom is -0.466 e. The molecule has 2 aromatic rings. The van der Waals surface area contributed by atoms with E-state index in [0.717, 1.165) is 5.56 Å². The number of carbonyl (C=O) groups excluding carboxylic acids is 1. The van der Waals surface area contributed by atoms with Crippen molar-refractivity contribution in [2.24, 2.45) is 5.92 Å². The first-order valence-corrected chi connectivity index (χ1v) is 10.7. The number of carbonyl (C=O) groups is 1. The Labute approximate surface area is 165 Å². The zero-order chi connectivity index (χ0) is 19.4. The van der Waals surface area contributed by atoms with E-state index in [1.54, 1.807) is 19.1 Å². The number of benzene rings is 2. The van der Waals surface area contributed by atoms with E-state index in [2.05, 4.69) is 0 Å². The number of rotatable bonds is 5. The molecule has 2 aromatic carbocycles. The second kappa shape index (κ2) is 8.42. The number of nitrogens with zero attached hydrogens (tertiary/aromatic N) is 1. The van der Waals surface area contributed by atoms with Gasteiger partial charge in [-0.2, -0.15) is 4.31 Å². The van der Waals surface area contributed by atoms with Crippen LogP contribution in [0, 0.1) is 5.92 Å². The van der Waals surface area contributed by atoms with Gasteiger partial charge in [0.25, 0.3) is 0 Å². The first-order chi connectivity index (χ1) is 12.9. The summed E-state index contributed by atoms with van der Waals surface area (Å²) in [6.07, 6.45) is 1.13. The summed E-state index contributed by atoms with van der Waals surface area (Å²) in [5, 5.41) is 0.353. The number of hydrogen-bond acceptors (Lipinski definition) is 4. The Morgan fingerprint density at radius 2 is 1.89 bits per heavy atom. The summed E-state index contributed by atoms with van der Waals surface area (Å²) >= 11 is 6.01. The number of sulfonamides is 1. The number of hydrogen-bond donors (Lipinski definition) is 0. The maximum absolute atomic E-state index is 13.4. The number of halogens is 1. The summed E-state index contributed by atoms with van der Waals surface area (Å²) in [5.74, 6) is -0.825. The molecule has 1 fully saturated rings. The monoisotopic (exact) mass is 407 g/mol. The molecule has 1 heterocycles. The molecular formula is C20H22ClNO4S. The zero-order valence-electron chi connectivity index (χ0n) is 15.0. The molecule has 2 unspecified atom stereocenters. The number of piperidine rings is 1. The highest BCUT2D eigenvalue weighted by molar-refractivity contribution is 7.89. The van der Waals surface area contributed by atoms with Crippen LogP contribution in [0.1, 0.15) is 31.4 Å². The van der Waals surface area contributed by atoms with Gasteiger partial charge >= 0.3 is 5.97 Å². The Kier molecular flexibility index (Phi) is 6.19. The molecule has 2 atom stereocenters. The van der Waals surface area contributed by atoms with Crippen LogP contribution >= 0.6 is 11.6 Å². The summed E-state index contributed by atoms with van der Waals surface area (Å²) in [6, 6.07) is 15.4. The topological polar surface area (TPSA) is 63.7 Å². The largest absolute Gasteiger partial charge is 0.466 e. The third kappa shape index (κ3) is 4.34. The van der Waals surface area contributed by atoms with E-state index in [1.165, 1.54) is 16.4 Å². The fourth-order valence-electron chi connectivity index (χ4n) is 3.43. The smallest absolute Gasteiger partial charge is 0.310 e. The van der Waals surface area contributed by atoms with Crippen molar-refractivity contribution in [3.8, 4) is 0 Å². The predicted octanol–water partition coefficient (Wildman–Crippen LogP) is 4.05. The Morgan fingerprint density at radius 3 is 2.56 bits per heavy atom. The molecule has 1 aliphatic rings. The maximum Gasteiger partial charge on any atom is 0.310 e. The molecule has 0 radical (unpaired) electrons. The van der Waals surface area contributed by atoms with Gasteiger partial charge < -0.3 is 4.74 Å². The van der Waals surface area contributed by atoms with Gasteiger partial charge in [0.15, 0.2) is 0 Å². The molecule has 0 amide bonds. The van der Waals surface area contributed by atoms with Crippen LogP contribution in [0.2, 0.25) is 5.02 Å². The van der Waals surface area contributed by atoms with Crippen LogP contribution in [-0.2, 0) is 19.6 Å². The first kappa shape index (κ1) is 19.9. The van der Waals surface area contributed by atoms with Gasteiger partial charge in [-0.15, -0.1) is 0 Å². The van der Waals surface area contributed by atoms with Crippen LogP contribution in [0.3, 0.4) is 0 Å². The number of ether oxygens (including phenoxy) is 1. The SMILES string of the molecule is CCOC(=O)C1CCC(c2ccccc2)N(S(=O)(=O)c2cccc(Cl)c2)C1. The lowest BCUT2D eigenvalue weighted by Gasteiger charge is -2.38. The Morgan fingerprint density at radius 1 is 1.15 bits per heavy atom. The van der Waals surface area contributed by atoms with Crippen molar-refractivity contribution in [1.29, 1.82) is 0 Å². The average molecular weight is 408 g/mol. The van der Waals surface area contributed by atoms with Crippen LogP contribution in [0.25, 0.3) is 0 Å². The van der Waals surface area contributed by atoms with Gasteiger partial charge in [-0.25, -0.2) is 8.42 Å². The normalized spacial score (nSPS) is 21.0. The molecule has 144 valence electrons. The summed E-state index contributed by atoms with van der Waals surface area (Å²) in [6.45, 7) is 2.11. The molecule has 3 rings (SSSR count). The Bertz CT molecular complexity index is 901. The average Bonchev–Trinajstić information content (AvgIpc) is 2.68. The first-order valence-electron chi connectivity index (χ1n) is 8.92. The molecule has 0 spiro atoms. The standard InChI is InChI=1S/C20H22ClNO4S/c1-2-26-20(23)16-11-12-19(15-7-4-3-5-8-15)22(14-16)27(24,25)18-10-6-9-17(21)13-18/h3-10,13,16,19H,2,11-12,14H2,1H3. The summed E-state index contributed by atoms with van der Waals surface area (Å²) in [4.78, 5) is 12.4. The molecule has 1 saturated heterocycles. The van der Waals surface area contributed by atoms with Crippen molar-refractivity contribution in [2.45, 2.75) is 30.7 Å². The fourth-order valence-corrected chi connectivity index (χ4v) is 5.42. The van der Waals surface area contributed by atoms with Crippen molar-refractivity contribution in [2.75, 3.05) is 13.2 Å². The minimum atomic E-state index is -3.82. The van der Waals surface area contributed by atoms with E-state index < -0.39 is 15.9 Å². The Balaban J connectivity index is 1.99. The van der Waals surface area contributed by atoms with Crippen LogP contribution in [0.4, 0.5) is 0 Å². The lowest BCUT2D eigenvalue weighted by Crippen LogP contribution is -2.44. The van der Waals surface area contributed by atoms with Crippen molar-refractivity contribution in [1.82, 2.24) is 4.31 Å². The summed E-state index contributed by atoms with van der Waals surface area (Å²) in [5.41, 5.74) is 0.908. The predicted molar refractivity (Wildman–Crippen MR) is 104 cm³/mol. The van der Waals surface area contributed by atoms with E-state index >= 15 is 0 Å². The van der Waals surface area contributed by atoms with Crippen LogP contribution in [0.15, 0.2) is 59.5 Å². The van der Waals surface area contributed by atoms with E-state index in [4.69, 9.17) is 16.3 Å². The van der Waals surface area contributed by atoms with Gasteiger partial charge in [0.1, 0.15) is 0 Å². The lowest BCUT2D eigenvalue weighted by molar-refractivity contribution is -0.149. The molecule has 27 heavy (non-hydrogen) atoms. The zero-order valence-corrected chi connectivity index (χ0v) is 16.6. The molecular weight excluding hydrogens is 386 g/mol. The highest BCUT2D eigenvalue weighted by atomic mass is 35.5. The third-order valence-electron chi connectivity index (χ3n) is 4.74. The maximum atomic E-state index is 13.4. The highest BCUT2D eigenvalue weighted by Gasteiger charge is 2.40. The van der Waals surface area contributed by atoms with Crippen molar-refractivity contribution in [3.05, 3.63) is 65.2 Å². The van der Waals surface area contributed by atoms with E-state index in [-0.39, 0.29) is 30.1 Å². The minimum absolute atomic E-state index is 0.0905. The number of esters is 1. The molecule has 0 aliphatic carbocycles. The van der Waals surface area contributed by atoms with Gasteiger partial charge in [0.05, 0.1) is 23.5 Å². The van der Waals surface area contributed by atoms with Crippen LogP contribution in [-0.4, -0.2) is 31.8 Å². The van der Waals surface area contributed by atoms with Crippen molar-refractivity contribution >= 4 is 27.6 Å². The summed E-state index contributed by atoms with van der Waals surface area (Å²) in [7, 11) is -3.82. The van der Waals surface area contributed by atoms with Gasteiger partial charge in [-0.3, -0.25) is 4.79 Å². The molecule has 0 bridgehead atoms. The molecule has 7 heteroatoms. The summed E-state index contributed by atoms with van der Waals surface area (Å²) < 4.78 is 33.3. The molecule has 1 aliphatic heterocycles. The Hall–Kier alpha value is -1.89. The lowest BCUT2D eigenvalue weighted by atomic mass is 9.91. The molecule has 0 aromatic heterocycles. The molecule has 0 saturated carbocycles. The fraction of sp³-hybridized carbons (Fsp3) is 0.350. The van der Waals surface area contributed by atoms with Gasteiger partial charge in [-0.05, 0) is 43.5 Å². The molecule has 0 N–H and O–H groups in total. The second-order valence-electron chi connectivity index (χ2n) is 6.48. The van der Waals surface area contributed by atoms with E-state index in [1.807, 2.05) is 30.3 Å². The van der Waals surface area contributed by atoms with Gasteiger partial charge in [0, 0.05) is 11.6 Å². The van der Waals surface area contributed by atoms with E-state index in [0.29, 0.717) is 17.9 Å². The van der Waals surface area contributed by atoms with Crippen molar-refractivity contribution in [3.63, 3.8) is 0 Å².